The third-order valence-electron chi connectivity index (χ3n) is 3.89. The highest BCUT2D eigenvalue weighted by Crippen LogP contribution is 2.15. The molecule has 0 atom stereocenters. The molecular formula is C15H24N4O2. The van der Waals surface area contributed by atoms with Crippen LogP contribution in [0.3, 0.4) is 0 Å². The van der Waals surface area contributed by atoms with Crippen molar-refractivity contribution in [2.75, 3.05) is 31.9 Å². The van der Waals surface area contributed by atoms with E-state index in [0.29, 0.717) is 18.8 Å². The van der Waals surface area contributed by atoms with Gasteiger partial charge in [-0.15, -0.1) is 0 Å². The zero-order chi connectivity index (χ0) is 15.6. The summed E-state index contributed by atoms with van der Waals surface area (Å²) in [5.41, 5.74) is 6.06. The van der Waals surface area contributed by atoms with Gasteiger partial charge < -0.3 is 15.2 Å². The summed E-state index contributed by atoms with van der Waals surface area (Å²) >= 11 is 0. The first kappa shape index (κ1) is 15.6. The number of pyridine rings is 1. The number of amides is 1. The number of carbonyl (C=O) groups is 1. The molecular weight excluding hydrogens is 268 g/mol. The zero-order valence-electron chi connectivity index (χ0n) is 13.0. The number of piperazine rings is 1. The number of hydrogen-bond donors (Lipinski definition) is 1. The van der Waals surface area contributed by atoms with Gasteiger partial charge >= 0.3 is 0 Å². The highest BCUT2D eigenvalue weighted by atomic mass is 16.2. The molecule has 0 saturated carbocycles. The molecule has 1 aliphatic heterocycles. The molecule has 1 aromatic heterocycles. The lowest BCUT2D eigenvalue weighted by Gasteiger charge is -2.42. The molecule has 0 radical (unpaired) electrons. The van der Waals surface area contributed by atoms with Crippen LogP contribution in [0.5, 0.6) is 0 Å². The average molecular weight is 292 g/mol. The van der Waals surface area contributed by atoms with Crippen LogP contribution < -0.4 is 11.3 Å². The van der Waals surface area contributed by atoms with E-state index >= 15 is 0 Å². The molecule has 0 aliphatic carbocycles. The minimum absolute atomic E-state index is 0.0312. The number of nitrogens with zero attached hydrogens (tertiary/aromatic N) is 3. The van der Waals surface area contributed by atoms with Crippen LogP contribution in [0.15, 0.2) is 23.1 Å². The Labute approximate surface area is 125 Å². The molecule has 1 aromatic rings. The SMILES string of the molecule is CC(C)(C)N1CCN(C(=O)Cn2cc(N)ccc2=O)CC1. The minimum Gasteiger partial charge on any atom is -0.398 e. The highest BCUT2D eigenvalue weighted by Gasteiger charge is 2.27. The third kappa shape index (κ3) is 3.85. The molecule has 6 nitrogen and oxygen atoms in total. The predicted molar refractivity (Wildman–Crippen MR) is 83.0 cm³/mol. The number of nitrogen functional groups attached to an aromatic ring is 1. The summed E-state index contributed by atoms with van der Waals surface area (Å²) in [6.07, 6.45) is 1.52. The highest BCUT2D eigenvalue weighted by molar-refractivity contribution is 5.76. The van der Waals surface area contributed by atoms with Crippen molar-refractivity contribution in [1.29, 1.82) is 0 Å². The molecule has 0 unspecified atom stereocenters. The molecule has 1 amide bonds. The number of aromatic nitrogens is 1. The van der Waals surface area contributed by atoms with Crippen molar-refractivity contribution >= 4 is 11.6 Å². The van der Waals surface area contributed by atoms with Crippen LogP contribution in [-0.4, -0.2) is 52.0 Å². The normalized spacial score (nSPS) is 17.0. The van der Waals surface area contributed by atoms with Crippen molar-refractivity contribution in [3.8, 4) is 0 Å². The summed E-state index contributed by atoms with van der Waals surface area (Å²) < 4.78 is 1.37. The molecule has 2 N–H and O–H groups in total. The van der Waals surface area contributed by atoms with Gasteiger partial charge in [0.05, 0.1) is 0 Å². The van der Waals surface area contributed by atoms with Gasteiger partial charge in [-0.25, -0.2) is 0 Å². The maximum absolute atomic E-state index is 12.3. The fourth-order valence-electron chi connectivity index (χ4n) is 2.55. The van der Waals surface area contributed by atoms with Crippen LogP contribution in [-0.2, 0) is 11.3 Å². The quantitative estimate of drug-likeness (QED) is 0.855. The molecule has 1 fully saturated rings. The van der Waals surface area contributed by atoms with Gasteiger partial charge in [-0.05, 0) is 26.8 Å². The van der Waals surface area contributed by atoms with Crippen molar-refractivity contribution in [3.05, 3.63) is 28.7 Å². The first-order chi connectivity index (χ1) is 9.77. The first-order valence-corrected chi connectivity index (χ1v) is 7.26. The molecule has 6 heteroatoms. The summed E-state index contributed by atoms with van der Waals surface area (Å²) in [7, 11) is 0. The summed E-state index contributed by atoms with van der Waals surface area (Å²) in [6.45, 7) is 9.71. The largest absolute Gasteiger partial charge is 0.398 e. The van der Waals surface area contributed by atoms with Gasteiger partial charge in [0.2, 0.25) is 5.91 Å². The number of rotatable bonds is 2. The number of hydrogen-bond acceptors (Lipinski definition) is 4. The van der Waals surface area contributed by atoms with Crippen LogP contribution in [0, 0.1) is 0 Å². The summed E-state index contributed by atoms with van der Waals surface area (Å²) in [6, 6.07) is 2.94. The topological polar surface area (TPSA) is 71.6 Å². The van der Waals surface area contributed by atoms with E-state index in [0.717, 1.165) is 13.1 Å². The number of carbonyl (C=O) groups excluding carboxylic acids is 1. The Balaban J connectivity index is 1.97. The van der Waals surface area contributed by atoms with Crippen LogP contribution in [0.2, 0.25) is 0 Å². The number of anilines is 1. The fourth-order valence-corrected chi connectivity index (χ4v) is 2.55. The molecule has 0 spiro atoms. The minimum atomic E-state index is -0.203. The van der Waals surface area contributed by atoms with Crippen molar-refractivity contribution in [2.24, 2.45) is 0 Å². The van der Waals surface area contributed by atoms with Gasteiger partial charge in [-0.1, -0.05) is 0 Å². The Hall–Kier alpha value is -1.82. The molecule has 2 rings (SSSR count). The van der Waals surface area contributed by atoms with Crippen molar-refractivity contribution in [3.63, 3.8) is 0 Å². The number of nitrogens with two attached hydrogens (primary N) is 1. The zero-order valence-corrected chi connectivity index (χ0v) is 13.0. The monoisotopic (exact) mass is 292 g/mol. The van der Waals surface area contributed by atoms with Crippen LogP contribution >= 0.6 is 0 Å². The maximum Gasteiger partial charge on any atom is 0.251 e. The molecule has 1 aliphatic rings. The second-order valence-corrected chi connectivity index (χ2v) is 6.47. The van der Waals surface area contributed by atoms with Crippen molar-refractivity contribution in [1.82, 2.24) is 14.4 Å². The van der Waals surface area contributed by atoms with Gasteiger partial charge in [0, 0.05) is 49.7 Å². The van der Waals surface area contributed by atoms with Gasteiger partial charge in [-0.3, -0.25) is 14.5 Å². The van der Waals surface area contributed by atoms with E-state index in [4.69, 9.17) is 5.73 Å². The molecule has 1 saturated heterocycles. The lowest BCUT2D eigenvalue weighted by Crippen LogP contribution is -2.55. The maximum atomic E-state index is 12.3. The Morgan fingerprint density at radius 1 is 1.19 bits per heavy atom. The average Bonchev–Trinajstić information content (AvgIpc) is 2.42. The Bertz CT molecular complexity index is 566. The van der Waals surface area contributed by atoms with Crippen molar-refractivity contribution < 1.29 is 4.79 Å². The second kappa shape index (κ2) is 5.89. The Morgan fingerprint density at radius 2 is 1.81 bits per heavy atom. The Kier molecular flexibility index (Phi) is 4.37. The van der Waals surface area contributed by atoms with E-state index in [1.807, 2.05) is 4.90 Å². The van der Waals surface area contributed by atoms with Gasteiger partial charge in [-0.2, -0.15) is 0 Å². The lowest BCUT2D eigenvalue weighted by atomic mass is 10.0. The second-order valence-electron chi connectivity index (χ2n) is 6.47. The van der Waals surface area contributed by atoms with Crippen LogP contribution in [0.4, 0.5) is 5.69 Å². The molecule has 0 aromatic carbocycles. The molecule has 2 heterocycles. The van der Waals surface area contributed by atoms with Gasteiger partial charge in [0.15, 0.2) is 0 Å². The summed E-state index contributed by atoms with van der Waals surface area (Å²) in [5.74, 6) is -0.0312. The third-order valence-corrected chi connectivity index (χ3v) is 3.89. The van der Waals surface area contributed by atoms with E-state index in [1.165, 1.54) is 16.8 Å². The van der Waals surface area contributed by atoms with E-state index in [9.17, 15) is 9.59 Å². The van der Waals surface area contributed by atoms with Gasteiger partial charge in [0.25, 0.3) is 5.56 Å². The standard InChI is InChI=1S/C15H24N4O2/c1-15(2,3)19-8-6-17(7-9-19)14(21)11-18-10-12(16)4-5-13(18)20/h4-5,10H,6-9,11,16H2,1-3H3. The van der Waals surface area contributed by atoms with Crippen LogP contribution in [0.1, 0.15) is 20.8 Å². The summed E-state index contributed by atoms with van der Waals surface area (Å²) in [4.78, 5) is 28.2. The lowest BCUT2D eigenvalue weighted by molar-refractivity contribution is -0.134. The Morgan fingerprint density at radius 3 is 2.38 bits per heavy atom. The fraction of sp³-hybridized carbons (Fsp3) is 0.600. The van der Waals surface area contributed by atoms with Gasteiger partial charge in [0.1, 0.15) is 6.54 Å². The molecule has 0 bridgehead atoms. The van der Waals surface area contributed by atoms with E-state index in [2.05, 4.69) is 25.7 Å². The smallest absolute Gasteiger partial charge is 0.251 e. The van der Waals surface area contributed by atoms with E-state index in [1.54, 1.807) is 6.07 Å². The molecule has 116 valence electrons. The van der Waals surface area contributed by atoms with E-state index < -0.39 is 0 Å². The molecule has 21 heavy (non-hydrogen) atoms. The van der Waals surface area contributed by atoms with Crippen LogP contribution in [0.25, 0.3) is 0 Å². The summed E-state index contributed by atoms with van der Waals surface area (Å²) in [5, 5.41) is 0. The first-order valence-electron chi connectivity index (χ1n) is 7.26. The predicted octanol–water partition coefficient (Wildman–Crippen LogP) is 0.373. The van der Waals surface area contributed by atoms with E-state index in [-0.39, 0.29) is 23.6 Å². The van der Waals surface area contributed by atoms with Crippen molar-refractivity contribution in [2.45, 2.75) is 32.9 Å².